The Labute approximate surface area is 159 Å². The Morgan fingerprint density at radius 1 is 1.11 bits per heavy atom. The molecular formula is C18H23N3O5S. The van der Waals surface area contributed by atoms with E-state index in [1.54, 1.807) is 42.7 Å². The van der Waals surface area contributed by atoms with Crippen molar-refractivity contribution in [2.24, 2.45) is 0 Å². The van der Waals surface area contributed by atoms with Crippen LogP contribution in [0.3, 0.4) is 0 Å². The zero-order chi connectivity index (χ0) is 19.9. The van der Waals surface area contributed by atoms with E-state index in [9.17, 15) is 13.2 Å². The van der Waals surface area contributed by atoms with Crippen LogP contribution in [0, 0.1) is 0 Å². The van der Waals surface area contributed by atoms with Crippen LogP contribution in [0.5, 0.6) is 11.5 Å². The summed E-state index contributed by atoms with van der Waals surface area (Å²) in [6.07, 6.45) is 4.35. The van der Waals surface area contributed by atoms with E-state index in [1.807, 2.05) is 0 Å². The van der Waals surface area contributed by atoms with Crippen LogP contribution < -0.4 is 14.8 Å². The van der Waals surface area contributed by atoms with Crippen molar-refractivity contribution in [2.45, 2.75) is 6.54 Å². The van der Waals surface area contributed by atoms with Gasteiger partial charge in [0.25, 0.3) is 5.91 Å². The molecule has 0 aliphatic heterocycles. The molecule has 27 heavy (non-hydrogen) atoms. The Morgan fingerprint density at radius 2 is 1.78 bits per heavy atom. The zero-order valence-corrected chi connectivity index (χ0v) is 16.3. The summed E-state index contributed by atoms with van der Waals surface area (Å²) in [5.74, 6) is 0.642. The number of carbonyl (C=O) groups is 1. The molecule has 1 aromatic heterocycles. The molecule has 9 heteroatoms. The van der Waals surface area contributed by atoms with E-state index in [0.29, 0.717) is 17.1 Å². The molecule has 1 heterocycles. The molecule has 0 saturated carbocycles. The minimum absolute atomic E-state index is 0.153. The van der Waals surface area contributed by atoms with Gasteiger partial charge in [0.1, 0.15) is 0 Å². The molecule has 1 amide bonds. The van der Waals surface area contributed by atoms with Gasteiger partial charge in [-0.2, -0.15) is 4.31 Å². The van der Waals surface area contributed by atoms with E-state index in [-0.39, 0.29) is 25.5 Å². The Morgan fingerprint density at radius 3 is 2.37 bits per heavy atom. The number of benzene rings is 1. The van der Waals surface area contributed by atoms with Crippen LogP contribution in [0.1, 0.15) is 15.9 Å². The van der Waals surface area contributed by atoms with Crippen LogP contribution in [0.2, 0.25) is 0 Å². The van der Waals surface area contributed by atoms with E-state index in [0.717, 1.165) is 11.8 Å². The Balaban J connectivity index is 1.99. The normalized spacial score (nSPS) is 11.3. The third-order valence-corrected chi connectivity index (χ3v) is 5.12. The van der Waals surface area contributed by atoms with Crippen molar-refractivity contribution in [1.82, 2.24) is 14.6 Å². The van der Waals surface area contributed by atoms with Crippen molar-refractivity contribution in [3.05, 3.63) is 53.9 Å². The maximum atomic E-state index is 12.3. The molecule has 0 bridgehead atoms. The van der Waals surface area contributed by atoms with Crippen molar-refractivity contribution in [3.8, 4) is 11.5 Å². The van der Waals surface area contributed by atoms with Gasteiger partial charge in [-0.3, -0.25) is 9.78 Å². The van der Waals surface area contributed by atoms with E-state index in [4.69, 9.17) is 9.47 Å². The van der Waals surface area contributed by atoms with Gasteiger partial charge in [-0.1, -0.05) is 0 Å². The molecule has 0 radical (unpaired) electrons. The van der Waals surface area contributed by atoms with Gasteiger partial charge in [0.2, 0.25) is 10.0 Å². The lowest BCUT2D eigenvalue weighted by Gasteiger charge is -2.20. The average molecular weight is 393 g/mol. The Kier molecular flexibility index (Phi) is 7.14. The molecule has 8 nitrogen and oxygen atoms in total. The number of hydrogen-bond acceptors (Lipinski definition) is 6. The van der Waals surface area contributed by atoms with Gasteiger partial charge < -0.3 is 14.8 Å². The van der Waals surface area contributed by atoms with Crippen LogP contribution in [0.25, 0.3) is 0 Å². The summed E-state index contributed by atoms with van der Waals surface area (Å²) >= 11 is 0. The van der Waals surface area contributed by atoms with E-state index >= 15 is 0 Å². The molecule has 2 rings (SSSR count). The van der Waals surface area contributed by atoms with Gasteiger partial charge in [0.05, 0.1) is 20.5 Å². The Hall–Kier alpha value is -2.65. The maximum Gasteiger partial charge on any atom is 0.251 e. The standard InChI is InChI=1S/C18H23N3O5S/c1-25-16-5-4-15(12-17(16)26-2)18(22)20-10-11-21(27(3,23)24)13-14-6-8-19-9-7-14/h4-9,12H,10-11,13H2,1-3H3,(H,20,22). The van der Waals surface area contributed by atoms with Crippen molar-refractivity contribution < 1.29 is 22.7 Å². The van der Waals surface area contributed by atoms with E-state index in [1.165, 1.54) is 18.5 Å². The van der Waals surface area contributed by atoms with E-state index in [2.05, 4.69) is 10.3 Å². The van der Waals surface area contributed by atoms with Crippen LogP contribution in [0.15, 0.2) is 42.7 Å². The first-order valence-corrected chi connectivity index (χ1v) is 10.0. The third-order valence-electron chi connectivity index (χ3n) is 3.87. The van der Waals surface area contributed by atoms with Gasteiger partial charge in [0.15, 0.2) is 11.5 Å². The number of carbonyl (C=O) groups excluding carboxylic acids is 1. The minimum atomic E-state index is -3.42. The monoisotopic (exact) mass is 393 g/mol. The van der Waals surface area contributed by atoms with Gasteiger partial charge in [0, 0.05) is 37.6 Å². The summed E-state index contributed by atoms with van der Waals surface area (Å²) in [5, 5.41) is 2.72. The van der Waals surface area contributed by atoms with Crippen molar-refractivity contribution in [2.75, 3.05) is 33.6 Å². The highest BCUT2D eigenvalue weighted by Crippen LogP contribution is 2.27. The highest BCUT2D eigenvalue weighted by molar-refractivity contribution is 7.88. The summed E-state index contributed by atoms with van der Waals surface area (Å²) in [5.41, 5.74) is 1.22. The molecular weight excluding hydrogens is 370 g/mol. The lowest BCUT2D eigenvalue weighted by Crippen LogP contribution is -2.37. The summed E-state index contributed by atoms with van der Waals surface area (Å²) in [4.78, 5) is 16.2. The Bertz CT molecular complexity index is 872. The third kappa shape index (κ3) is 5.93. The number of amides is 1. The summed E-state index contributed by atoms with van der Waals surface area (Å²) < 4.78 is 35.6. The molecule has 0 aliphatic rings. The minimum Gasteiger partial charge on any atom is -0.493 e. The smallest absolute Gasteiger partial charge is 0.251 e. The fraction of sp³-hybridized carbons (Fsp3) is 0.333. The van der Waals surface area contributed by atoms with Crippen molar-refractivity contribution in [3.63, 3.8) is 0 Å². The second kappa shape index (κ2) is 9.33. The highest BCUT2D eigenvalue weighted by Gasteiger charge is 2.17. The molecule has 0 unspecified atom stereocenters. The van der Waals surface area contributed by atoms with E-state index < -0.39 is 10.0 Å². The topological polar surface area (TPSA) is 97.8 Å². The molecule has 0 aliphatic carbocycles. The first-order valence-electron chi connectivity index (χ1n) is 8.19. The number of sulfonamides is 1. The number of rotatable bonds is 9. The number of pyridine rings is 1. The summed E-state index contributed by atoms with van der Waals surface area (Å²) in [6.45, 7) is 0.541. The molecule has 0 spiro atoms. The maximum absolute atomic E-state index is 12.3. The van der Waals surface area contributed by atoms with Crippen molar-refractivity contribution in [1.29, 1.82) is 0 Å². The quantitative estimate of drug-likeness (QED) is 0.689. The number of ether oxygens (including phenoxy) is 2. The number of nitrogens with one attached hydrogen (secondary N) is 1. The van der Waals surface area contributed by atoms with Crippen LogP contribution in [-0.2, 0) is 16.6 Å². The first kappa shape index (κ1) is 20.7. The average Bonchev–Trinajstić information content (AvgIpc) is 2.66. The molecule has 1 aromatic carbocycles. The zero-order valence-electron chi connectivity index (χ0n) is 15.5. The number of aromatic nitrogens is 1. The lowest BCUT2D eigenvalue weighted by molar-refractivity contribution is 0.0951. The lowest BCUT2D eigenvalue weighted by atomic mass is 10.2. The molecule has 146 valence electrons. The van der Waals surface area contributed by atoms with Crippen LogP contribution in [-0.4, -0.2) is 57.2 Å². The molecule has 2 aromatic rings. The number of hydrogen-bond donors (Lipinski definition) is 1. The molecule has 0 fully saturated rings. The number of nitrogens with zero attached hydrogens (tertiary/aromatic N) is 2. The summed E-state index contributed by atoms with van der Waals surface area (Å²) in [6, 6.07) is 8.32. The van der Waals surface area contributed by atoms with Gasteiger partial charge >= 0.3 is 0 Å². The predicted octanol–water partition coefficient (Wildman–Crippen LogP) is 1.29. The second-order valence-corrected chi connectivity index (χ2v) is 7.76. The number of methoxy groups -OCH3 is 2. The highest BCUT2D eigenvalue weighted by atomic mass is 32.2. The van der Waals surface area contributed by atoms with Crippen LogP contribution >= 0.6 is 0 Å². The summed E-state index contributed by atoms with van der Waals surface area (Å²) in [7, 11) is -0.417. The largest absolute Gasteiger partial charge is 0.493 e. The van der Waals surface area contributed by atoms with Crippen molar-refractivity contribution >= 4 is 15.9 Å². The molecule has 0 atom stereocenters. The first-order chi connectivity index (χ1) is 12.8. The predicted molar refractivity (Wildman–Crippen MR) is 101 cm³/mol. The van der Waals surface area contributed by atoms with Gasteiger partial charge in [-0.25, -0.2) is 8.42 Å². The fourth-order valence-electron chi connectivity index (χ4n) is 2.43. The second-order valence-electron chi connectivity index (χ2n) is 5.78. The SMILES string of the molecule is COc1ccc(C(=O)NCCN(Cc2ccncc2)S(C)(=O)=O)cc1OC. The van der Waals surface area contributed by atoms with Gasteiger partial charge in [-0.15, -0.1) is 0 Å². The van der Waals surface area contributed by atoms with Gasteiger partial charge in [-0.05, 0) is 35.9 Å². The fourth-order valence-corrected chi connectivity index (χ4v) is 3.23. The molecule has 0 saturated heterocycles. The molecule has 1 N–H and O–H groups in total. The van der Waals surface area contributed by atoms with Crippen LogP contribution in [0.4, 0.5) is 0 Å².